The maximum atomic E-state index is 12.2. The highest BCUT2D eigenvalue weighted by atomic mass is 35.5. The maximum absolute atomic E-state index is 12.2. The number of halogens is 1. The van der Waals surface area contributed by atoms with E-state index in [-0.39, 0.29) is 17.0 Å². The number of benzene rings is 1. The van der Waals surface area contributed by atoms with Crippen molar-refractivity contribution in [3.63, 3.8) is 0 Å². The van der Waals surface area contributed by atoms with Gasteiger partial charge >= 0.3 is 0 Å². The molecule has 5 nitrogen and oxygen atoms in total. The predicted octanol–water partition coefficient (Wildman–Crippen LogP) is 3.43. The van der Waals surface area contributed by atoms with Gasteiger partial charge in [0.25, 0.3) is 11.6 Å². The lowest BCUT2D eigenvalue weighted by atomic mass is 9.89. The van der Waals surface area contributed by atoms with E-state index in [9.17, 15) is 14.9 Å². The summed E-state index contributed by atoms with van der Waals surface area (Å²) in [5.74, 6) is 0.201. The molecule has 1 aromatic rings. The van der Waals surface area contributed by atoms with E-state index < -0.39 is 4.92 Å². The molecule has 0 aliphatic heterocycles. The van der Waals surface area contributed by atoms with Gasteiger partial charge in [-0.05, 0) is 44.1 Å². The lowest BCUT2D eigenvalue weighted by Crippen LogP contribution is -2.31. The minimum Gasteiger partial charge on any atom is -0.352 e. The average Bonchev–Trinajstić information content (AvgIpc) is 2.46. The molecule has 1 fully saturated rings. The molecule has 0 spiro atoms. The van der Waals surface area contributed by atoms with E-state index in [4.69, 9.17) is 11.6 Å². The third-order valence-electron chi connectivity index (χ3n) is 4.00. The zero-order valence-corrected chi connectivity index (χ0v) is 12.7. The summed E-state index contributed by atoms with van der Waals surface area (Å²) in [6, 6.07) is 4.35. The van der Waals surface area contributed by atoms with E-state index >= 15 is 0 Å². The summed E-state index contributed by atoms with van der Waals surface area (Å²) < 4.78 is 0. The number of nitrogens with one attached hydrogen (secondary N) is 1. The monoisotopic (exact) mass is 310 g/mol. The normalized spacial score (nSPS) is 21.8. The molecule has 6 heteroatoms. The molecule has 0 bridgehead atoms. The number of carbonyl (C=O) groups excluding carboxylic acids is 1. The quantitative estimate of drug-likeness (QED) is 0.526. The van der Waals surface area contributed by atoms with Crippen LogP contribution in [0, 0.1) is 23.0 Å². The van der Waals surface area contributed by atoms with Crippen LogP contribution < -0.4 is 5.32 Å². The topological polar surface area (TPSA) is 72.2 Å². The molecule has 1 aliphatic carbocycles. The first-order valence-electron chi connectivity index (χ1n) is 7.14. The van der Waals surface area contributed by atoms with Gasteiger partial charge in [0, 0.05) is 29.6 Å². The Morgan fingerprint density at radius 3 is 2.67 bits per heavy atom. The fourth-order valence-electron chi connectivity index (χ4n) is 2.63. The minimum atomic E-state index is -0.488. The Labute approximate surface area is 128 Å². The molecule has 1 aromatic carbocycles. The van der Waals surface area contributed by atoms with Crippen LogP contribution in [0.3, 0.4) is 0 Å². The second-order valence-electron chi connectivity index (χ2n) is 5.58. The van der Waals surface area contributed by atoms with Crippen molar-refractivity contribution < 1.29 is 9.72 Å². The second kappa shape index (κ2) is 6.89. The van der Waals surface area contributed by atoms with E-state index in [2.05, 4.69) is 5.32 Å². The highest BCUT2D eigenvalue weighted by Gasteiger charge is 2.21. The summed E-state index contributed by atoms with van der Waals surface area (Å²) in [5, 5.41) is 13.9. The first-order valence-corrected chi connectivity index (χ1v) is 7.58. The summed E-state index contributed by atoms with van der Waals surface area (Å²) in [7, 11) is 0. The molecule has 0 aromatic heterocycles. The van der Waals surface area contributed by atoms with Crippen molar-refractivity contribution in [2.75, 3.05) is 6.54 Å². The van der Waals surface area contributed by atoms with Gasteiger partial charge in [0.1, 0.15) is 0 Å². The van der Waals surface area contributed by atoms with Gasteiger partial charge in [-0.1, -0.05) is 6.07 Å². The summed E-state index contributed by atoms with van der Waals surface area (Å²) in [4.78, 5) is 22.5. The Kier molecular flexibility index (Phi) is 5.17. The molecule has 1 N–H and O–H groups in total. The highest BCUT2D eigenvalue weighted by molar-refractivity contribution is 6.20. The number of non-ortho nitro benzene ring substituents is 1. The van der Waals surface area contributed by atoms with Crippen LogP contribution >= 0.6 is 11.6 Å². The number of rotatable bonds is 4. The minimum absolute atomic E-state index is 0.0617. The molecule has 2 rings (SSSR count). The lowest BCUT2D eigenvalue weighted by Gasteiger charge is -2.25. The molecule has 114 valence electrons. The van der Waals surface area contributed by atoms with Crippen molar-refractivity contribution in [2.45, 2.75) is 38.0 Å². The molecule has 1 amide bonds. The van der Waals surface area contributed by atoms with Crippen LogP contribution in [0.25, 0.3) is 0 Å². The molecular formula is C15H19ClN2O3. The van der Waals surface area contributed by atoms with Crippen molar-refractivity contribution >= 4 is 23.2 Å². The number of nitro groups is 1. The largest absolute Gasteiger partial charge is 0.352 e. The Bertz CT molecular complexity index is 540. The Morgan fingerprint density at radius 1 is 1.38 bits per heavy atom. The second-order valence-corrected chi connectivity index (χ2v) is 6.20. The maximum Gasteiger partial charge on any atom is 0.270 e. The standard InChI is InChI=1S/C15H19ClN2O3/c1-10-2-7-13(18(20)21)8-14(10)15(19)17-9-11-3-5-12(16)6-4-11/h2,7-8,11-12H,3-6,9H2,1H3,(H,17,19). The first-order chi connectivity index (χ1) is 9.97. The number of carbonyl (C=O) groups is 1. The van der Waals surface area contributed by atoms with Gasteiger partial charge in [0.05, 0.1) is 4.92 Å². The highest BCUT2D eigenvalue weighted by Crippen LogP contribution is 2.27. The predicted molar refractivity (Wildman–Crippen MR) is 81.8 cm³/mol. The number of nitro benzene ring substituents is 1. The fraction of sp³-hybridized carbons (Fsp3) is 0.533. The Morgan fingerprint density at radius 2 is 2.05 bits per heavy atom. The van der Waals surface area contributed by atoms with Gasteiger partial charge in [-0.3, -0.25) is 14.9 Å². The smallest absolute Gasteiger partial charge is 0.270 e. The van der Waals surface area contributed by atoms with Crippen molar-refractivity contribution in [3.05, 3.63) is 39.4 Å². The summed E-state index contributed by atoms with van der Waals surface area (Å²) >= 11 is 6.06. The van der Waals surface area contributed by atoms with Gasteiger partial charge < -0.3 is 5.32 Å². The van der Waals surface area contributed by atoms with Crippen LogP contribution in [0.2, 0.25) is 0 Å². The van der Waals surface area contributed by atoms with E-state index in [1.165, 1.54) is 12.1 Å². The molecule has 0 unspecified atom stereocenters. The summed E-state index contributed by atoms with van der Waals surface area (Å²) in [6.07, 6.45) is 4.00. The molecule has 21 heavy (non-hydrogen) atoms. The van der Waals surface area contributed by atoms with Crippen molar-refractivity contribution in [3.8, 4) is 0 Å². The van der Waals surface area contributed by atoms with Crippen LogP contribution in [0.15, 0.2) is 18.2 Å². The number of amides is 1. The molecule has 0 radical (unpaired) electrons. The van der Waals surface area contributed by atoms with Gasteiger partial charge in [0.15, 0.2) is 0 Å². The van der Waals surface area contributed by atoms with Gasteiger partial charge in [-0.25, -0.2) is 0 Å². The van der Waals surface area contributed by atoms with Gasteiger partial charge in [-0.2, -0.15) is 0 Å². The summed E-state index contributed by atoms with van der Waals surface area (Å²) in [5.41, 5.74) is 1.05. The van der Waals surface area contributed by atoms with Crippen LogP contribution in [-0.2, 0) is 0 Å². The van der Waals surface area contributed by atoms with Crippen LogP contribution in [0.4, 0.5) is 5.69 Å². The van der Waals surface area contributed by atoms with E-state index in [0.717, 1.165) is 31.2 Å². The Balaban J connectivity index is 1.97. The van der Waals surface area contributed by atoms with Crippen molar-refractivity contribution in [1.29, 1.82) is 0 Å². The van der Waals surface area contributed by atoms with E-state index in [1.807, 2.05) is 0 Å². The molecule has 0 saturated heterocycles. The molecule has 1 aliphatic rings. The van der Waals surface area contributed by atoms with Crippen molar-refractivity contribution in [2.24, 2.45) is 5.92 Å². The molecular weight excluding hydrogens is 292 g/mol. The lowest BCUT2D eigenvalue weighted by molar-refractivity contribution is -0.384. The zero-order valence-electron chi connectivity index (χ0n) is 12.0. The molecule has 0 heterocycles. The van der Waals surface area contributed by atoms with Crippen LogP contribution in [0.1, 0.15) is 41.6 Å². The third kappa shape index (κ3) is 4.17. The number of alkyl halides is 1. The van der Waals surface area contributed by atoms with E-state index in [1.54, 1.807) is 13.0 Å². The number of aryl methyl sites for hydroxylation is 1. The fourth-order valence-corrected chi connectivity index (χ4v) is 2.88. The number of hydrogen-bond donors (Lipinski definition) is 1. The third-order valence-corrected chi connectivity index (χ3v) is 4.44. The van der Waals surface area contributed by atoms with Crippen LogP contribution in [0.5, 0.6) is 0 Å². The van der Waals surface area contributed by atoms with E-state index in [0.29, 0.717) is 18.0 Å². The number of hydrogen-bond acceptors (Lipinski definition) is 3. The average molecular weight is 311 g/mol. The van der Waals surface area contributed by atoms with Gasteiger partial charge in [0.2, 0.25) is 0 Å². The SMILES string of the molecule is Cc1ccc([N+](=O)[O-])cc1C(=O)NCC1CCC(Cl)CC1. The summed E-state index contributed by atoms with van der Waals surface area (Å²) in [6.45, 7) is 2.38. The van der Waals surface area contributed by atoms with Crippen molar-refractivity contribution in [1.82, 2.24) is 5.32 Å². The zero-order chi connectivity index (χ0) is 15.4. The molecule has 1 saturated carbocycles. The van der Waals surface area contributed by atoms with Gasteiger partial charge in [-0.15, -0.1) is 11.6 Å². The molecule has 0 atom stereocenters. The van der Waals surface area contributed by atoms with Crippen LogP contribution in [-0.4, -0.2) is 22.8 Å². The number of nitrogens with zero attached hydrogens (tertiary/aromatic N) is 1. The first kappa shape index (κ1) is 15.8. The Hall–Kier alpha value is -1.62.